The molecular weight excluding hydrogens is 571 g/mol. The molecule has 1 amide bonds. The molecule has 0 fully saturated rings. The molecule has 0 radical (unpaired) electrons. The summed E-state index contributed by atoms with van der Waals surface area (Å²) in [6, 6.07) is 15.5. The lowest BCUT2D eigenvalue weighted by Gasteiger charge is -2.28. The number of hydrogen-bond acceptors (Lipinski definition) is 10. The maximum Gasteiger partial charge on any atom is 0.257 e. The molecule has 0 aliphatic carbocycles. The van der Waals surface area contributed by atoms with E-state index in [1.165, 1.54) is 11.3 Å². The van der Waals surface area contributed by atoms with E-state index in [-0.39, 0.29) is 12.5 Å². The Labute approximate surface area is 242 Å². The Kier molecular flexibility index (Phi) is 7.16. The monoisotopic (exact) mass is 590 g/mol. The largest absolute Gasteiger partial charge is 0.483 e. The first kappa shape index (κ1) is 25.9. The summed E-state index contributed by atoms with van der Waals surface area (Å²) < 4.78 is 5.80. The summed E-state index contributed by atoms with van der Waals surface area (Å²) in [4.78, 5) is 27.2. The van der Waals surface area contributed by atoms with Crippen LogP contribution in [0.25, 0.3) is 10.6 Å². The number of halogens is 2. The van der Waals surface area contributed by atoms with Crippen LogP contribution in [0.4, 0.5) is 10.8 Å². The zero-order valence-electron chi connectivity index (χ0n) is 20.9. The lowest BCUT2D eigenvalue weighted by Crippen LogP contribution is -2.46. The molecule has 2 aliphatic rings. The van der Waals surface area contributed by atoms with Crippen molar-refractivity contribution in [3.8, 4) is 16.3 Å². The zero-order chi connectivity index (χ0) is 27.6. The van der Waals surface area contributed by atoms with E-state index in [1.807, 2.05) is 30.3 Å². The van der Waals surface area contributed by atoms with E-state index in [2.05, 4.69) is 36.1 Å². The van der Waals surface area contributed by atoms with Crippen molar-refractivity contribution in [3.05, 3.63) is 93.9 Å². The molecule has 13 heteroatoms. The summed E-state index contributed by atoms with van der Waals surface area (Å²) in [5, 5.41) is 19.6. The Morgan fingerprint density at radius 2 is 2.00 bits per heavy atom. The van der Waals surface area contributed by atoms with Crippen molar-refractivity contribution in [3.63, 3.8) is 0 Å². The van der Waals surface area contributed by atoms with Crippen LogP contribution < -0.4 is 20.7 Å². The molecule has 2 aromatic heterocycles. The molecule has 2 aliphatic heterocycles. The quantitative estimate of drug-likeness (QED) is 0.285. The number of fused-ring (bicyclic) bond motifs is 1. The first-order valence-electron chi connectivity index (χ1n) is 12.1. The van der Waals surface area contributed by atoms with Gasteiger partial charge in [0.15, 0.2) is 5.01 Å². The number of carbonyl (C=O) groups is 1. The number of amides is 1. The fourth-order valence-corrected chi connectivity index (χ4v) is 5.35. The molecule has 40 heavy (non-hydrogen) atoms. The number of pyridine rings is 1. The number of aliphatic imine (C=N–C) groups is 2. The molecule has 200 valence electrons. The number of hydrogen-bond donors (Lipinski definition) is 3. The fourth-order valence-electron chi connectivity index (χ4n) is 4.22. The average molecular weight is 591 g/mol. The zero-order valence-corrected chi connectivity index (χ0v) is 23.2. The SMILES string of the molecule is CC1=C(C(=O)Nc2nnc(-c3cccnc3)s2)C(c2ccccc2Cl)N=C(NC2=Nc3ccc(Cl)cc3OC2)N1. The molecule has 0 saturated heterocycles. The smallest absolute Gasteiger partial charge is 0.257 e. The summed E-state index contributed by atoms with van der Waals surface area (Å²) in [7, 11) is 0. The third-order valence-electron chi connectivity index (χ3n) is 6.04. The number of carbonyl (C=O) groups excluding carboxylic acids is 1. The van der Waals surface area contributed by atoms with Gasteiger partial charge in [-0.2, -0.15) is 0 Å². The van der Waals surface area contributed by atoms with E-state index >= 15 is 0 Å². The minimum atomic E-state index is -0.709. The van der Waals surface area contributed by atoms with E-state index in [0.717, 1.165) is 5.56 Å². The number of aromatic nitrogens is 3. The van der Waals surface area contributed by atoms with Gasteiger partial charge in [-0.1, -0.05) is 52.7 Å². The first-order valence-corrected chi connectivity index (χ1v) is 13.6. The van der Waals surface area contributed by atoms with E-state index < -0.39 is 6.04 Å². The van der Waals surface area contributed by atoms with Crippen molar-refractivity contribution in [1.29, 1.82) is 0 Å². The van der Waals surface area contributed by atoms with Crippen molar-refractivity contribution in [2.45, 2.75) is 13.0 Å². The van der Waals surface area contributed by atoms with E-state index in [9.17, 15) is 4.79 Å². The number of ether oxygens (including phenoxy) is 1. The van der Waals surface area contributed by atoms with Crippen LogP contribution in [-0.4, -0.2) is 39.5 Å². The van der Waals surface area contributed by atoms with Gasteiger partial charge in [0.1, 0.15) is 29.9 Å². The number of allylic oxidation sites excluding steroid dienone is 1. The minimum Gasteiger partial charge on any atom is -0.483 e. The maximum atomic E-state index is 13.6. The maximum absolute atomic E-state index is 13.6. The average Bonchev–Trinajstić information content (AvgIpc) is 3.42. The summed E-state index contributed by atoms with van der Waals surface area (Å²) in [6.45, 7) is 1.99. The fraction of sp³-hybridized carbons (Fsp3) is 0.111. The van der Waals surface area contributed by atoms with Crippen LogP contribution in [0.2, 0.25) is 10.0 Å². The summed E-state index contributed by atoms with van der Waals surface area (Å²) in [5.74, 6) is 1.16. The molecule has 3 N–H and O–H groups in total. The third-order valence-corrected chi connectivity index (χ3v) is 7.51. The summed E-state index contributed by atoms with van der Waals surface area (Å²) in [6.07, 6.45) is 3.37. The molecule has 1 atom stereocenters. The molecule has 0 bridgehead atoms. The summed E-state index contributed by atoms with van der Waals surface area (Å²) >= 11 is 13.9. The normalized spacial score (nSPS) is 16.2. The van der Waals surface area contributed by atoms with Crippen molar-refractivity contribution in [1.82, 2.24) is 25.8 Å². The Morgan fingerprint density at radius 1 is 1.12 bits per heavy atom. The number of nitrogens with one attached hydrogen (secondary N) is 3. The van der Waals surface area contributed by atoms with Gasteiger partial charge in [0.05, 0.1) is 5.57 Å². The van der Waals surface area contributed by atoms with Gasteiger partial charge < -0.3 is 15.4 Å². The van der Waals surface area contributed by atoms with Crippen LogP contribution in [0, 0.1) is 0 Å². The second-order valence-electron chi connectivity index (χ2n) is 8.76. The molecular formula is C27H20Cl2N8O2S. The van der Waals surface area contributed by atoms with Crippen LogP contribution >= 0.6 is 34.5 Å². The van der Waals surface area contributed by atoms with Crippen molar-refractivity contribution in [2.24, 2.45) is 9.98 Å². The molecule has 4 aromatic rings. The Hall–Kier alpha value is -4.32. The predicted octanol–water partition coefficient (Wildman–Crippen LogP) is 5.53. The number of anilines is 1. The number of amidine groups is 1. The van der Waals surface area contributed by atoms with Crippen LogP contribution in [-0.2, 0) is 4.79 Å². The van der Waals surface area contributed by atoms with Crippen molar-refractivity contribution < 1.29 is 9.53 Å². The van der Waals surface area contributed by atoms with Gasteiger partial charge in [-0.25, -0.2) is 9.98 Å². The lowest BCUT2D eigenvalue weighted by molar-refractivity contribution is -0.113. The highest BCUT2D eigenvalue weighted by Gasteiger charge is 2.32. The number of guanidine groups is 1. The molecule has 6 rings (SSSR count). The number of nitrogens with zero attached hydrogens (tertiary/aromatic N) is 5. The second-order valence-corrected chi connectivity index (χ2v) is 10.6. The Bertz CT molecular complexity index is 1700. The molecule has 0 saturated carbocycles. The Morgan fingerprint density at radius 3 is 2.83 bits per heavy atom. The van der Waals surface area contributed by atoms with Crippen LogP contribution in [0.1, 0.15) is 18.5 Å². The number of rotatable bonds is 4. The molecule has 1 unspecified atom stereocenters. The highest BCUT2D eigenvalue weighted by Crippen LogP contribution is 2.36. The lowest BCUT2D eigenvalue weighted by atomic mass is 9.95. The first-order chi connectivity index (χ1) is 19.4. The van der Waals surface area contributed by atoms with Crippen LogP contribution in [0.3, 0.4) is 0 Å². The van der Waals surface area contributed by atoms with Crippen LogP contribution in [0.15, 0.2) is 88.2 Å². The van der Waals surface area contributed by atoms with Gasteiger partial charge in [0.2, 0.25) is 11.1 Å². The standard InChI is InChI=1S/C27H20Cl2N8O2S/c1-14-22(24(38)35-27-37-36-25(40-27)15-5-4-10-30-12-15)23(17-6-2-3-7-18(17)29)34-26(31-14)33-21-13-39-20-11-16(28)8-9-19(20)32-21/h2-12,23H,13H2,1H3,(H,35,37,38)(H2,31,32,33,34). The van der Waals surface area contributed by atoms with Crippen molar-refractivity contribution in [2.75, 3.05) is 11.9 Å². The second kappa shape index (κ2) is 11.0. The molecule has 4 heterocycles. The minimum absolute atomic E-state index is 0.192. The van der Waals surface area contributed by atoms with Crippen molar-refractivity contribution >= 4 is 63.1 Å². The molecule has 0 spiro atoms. The predicted molar refractivity (Wildman–Crippen MR) is 156 cm³/mol. The Balaban J connectivity index is 1.28. The van der Waals surface area contributed by atoms with Gasteiger partial charge in [-0.05, 0) is 37.3 Å². The molecule has 2 aromatic carbocycles. The van der Waals surface area contributed by atoms with E-state index in [4.69, 9.17) is 32.9 Å². The highest BCUT2D eigenvalue weighted by molar-refractivity contribution is 7.18. The summed E-state index contributed by atoms with van der Waals surface area (Å²) in [5.41, 5.74) is 3.10. The van der Waals surface area contributed by atoms with Crippen LogP contribution in [0.5, 0.6) is 5.75 Å². The van der Waals surface area contributed by atoms with E-state index in [1.54, 1.807) is 43.6 Å². The van der Waals surface area contributed by atoms with E-state index in [0.29, 0.717) is 60.3 Å². The van der Waals surface area contributed by atoms with Gasteiger partial charge in [-0.3, -0.25) is 15.1 Å². The third kappa shape index (κ3) is 5.39. The molecule has 10 nitrogen and oxygen atoms in total. The topological polar surface area (TPSA) is 126 Å². The highest BCUT2D eigenvalue weighted by atomic mass is 35.5. The number of benzene rings is 2. The van der Waals surface area contributed by atoms with Gasteiger partial charge in [-0.15, -0.1) is 10.2 Å². The van der Waals surface area contributed by atoms with Gasteiger partial charge in [0, 0.05) is 45.3 Å². The van der Waals surface area contributed by atoms with Gasteiger partial charge in [0.25, 0.3) is 5.91 Å². The van der Waals surface area contributed by atoms with Gasteiger partial charge >= 0.3 is 0 Å².